The molecule has 0 spiro atoms. The Balaban J connectivity index is 2.01. The summed E-state index contributed by atoms with van der Waals surface area (Å²) < 4.78 is 20.7. The molecule has 0 aliphatic rings. The fraction of sp³-hybridized carbons (Fsp3) is 0.133. The summed E-state index contributed by atoms with van der Waals surface area (Å²) in [6, 6.07) is 9.89. The molecule has 2 heterocycles. The number of rotatable bonds is 3. The van der Waals surface area contributed by atoms with E-state index in [0.717, 1.165) is 0 Å². The standard InChI is InChI=1S/C15H13FN2O2/c1-20-10-5-6-11(12(16)8-10)15(19)13-9-18-7-3-2-4-14(18)17-13/h2-9,15,19H,1H3. The van der Waals surface area contributed by atoms with Gasteiger partial charge < -0.3 is 14.2 Å². The first-order valence-electron chi connectivity index (χ1n) is 6.14. The van der Waals surface area contributed by atoms with E-state index in [4.69, 9.17) is 4.74 Å². The fourth-order valence-corrected chi connectivity index (χ4v) is 2.10. The summed E-state index contributed by atoms with van der Waals surface area (Å²) in [6.07, 6.45) is 2.40. The number of hydrogen-bond acceptors (Lipinski definition) is 3. The highest BCUT2D eigenvalue weighted by molar-refractivity contribution is 5.42. The molecule has 3 rings (SSSR count). The smallest absolute Gasteiger partial charge is 0.137 e. The number of imidazole rings is 1. The monoisotopic (exact) mass is 272 g/mol. The molecule has 0 saturated carbocycles. The van der Waals surface area contributed by atoms with E-state index in [1.807, 2.05) is 24.4 Å². The van der Waals surface area contributed by atoms with Gasteiger partial charge >= 0.3 is 0 Å². The minimum atomic E-state index is -1.11. The van der Waals surface area contributed by atoms with Crippen molar-refractivity contribution in [2.45, 2.75) is 6.10 Å². The van der Waals surface area contributed by atoms with E-state index in [1.165, 1.54) is 19.2 Å². The molecule has 2 aromatic heterocycles. The van der Waals surface area contributed by atoms with Crippen LogP contribution >= 0.6 is 0 Å². The van der Waals surface area contributed by atoms with Crippen LogP contribution in [0.25, 0.3) is 5.65 Å². The Bertz CT molecular complexity index is 721. The van der Waals surface area contributed by atoms with Crippen molar-refractivity contribution in [1.29, 1.82) is 0 Å². The molecule has 5 heteroatoms. The van der Waals surface area contributed by atoms with Crippen LogP contribution in [-0.2, 0) is 0 Å². The summed E-state index contributed by atoms with van der Waals surface area (Å²) in [6.45, 7) is 0. The second-order valence-corrected chi connectivity index (χ2v) is 4.42. The first kappa shape index (κ1) is 12.6. The first-order chi connectivity index (χ1) is 9.69. The number of aliphatic hydroxyl groups is 1. The number of ether oxygens (including phenoxy) is 1. The van der Waals surface area contributed by atoms with Gasteiger partial charge in [0.1, 0.15) is 23.3 Å². The molecule has 0 amide bonds. The van der Waals surface area contributed by atoms with Crippen LogP contribution in [0.3, 0.4) is 0 Å². The number of aromatic nitrogens is 2. The van der Waals surface area contributed by atoms with Crippen LogP contribution in [0.4, 0.5) is 4.39 Å². The van der Waals surface area contributed by atoms with Gasteiger partial charge in [-0.05, 0) is 24.3 Å². The van der Waals surface area contributed by atoms with Gasteiger partial charge in [0.2, 0.25) is 0 Å². The third-order valence-corrected chi connectivity index (χ3v) is 3.16. The lowest BCUT2D eigenvalue weighted by atomic mass is 10.1. The molecule has 0 bridgehead atoms. The predicted octanol–water partition coefficient (Wildman–Crippen LogP) is 2.56. The van der Waals surface area contributed by atoms with E-state index in [9.17, 15) is 9.50 Å². The van der Waals surface area contributed by atoms with Gasteiger partial charge in [0, 0.05) is 24.0 Å². The number of nitrogens with zero attached hydrogens (tertiary/aromatic N) is 2. The van der Waals surface area contributed by atoms with Gasteiger partial charge in [-0.25, -0.2) is 9.37 Å². The van der Waals surface area contributed by atoms with Gasteiger partial charge in [-0.3, -0.25) is 0 Å². The molecule has 1 N–H and O–H groups in total. The molecule has 1 unspecified atom stereocenters. The number of halogens is 1. The third-order valence-electron chi connectivity index (χ3n) is 3.16. The van der Waals surface area contributed by atoms with Crippen LogP contribution in [-0.4, -0.2) is 21.6 Å². The van der Waals surface area contributed by atoms with Crippen molar-refractivity contribution in [1.82, 2.24) is 9.38 Å². The van der Waals surface area contributed by atoms with Crippen LogP contribution in [0, 0.1) is 5.82 Å². The van der Waals surface area contributed by atoms with E-state index in [2.05, 4.69) is 4.98 Å². The fourth-order valence-electron chi connectivity index (χ4n) is 2.10. The zero-order chi connectivity index (χ0) is 14.1. The highest BCUT2D eigenvalue weighted by Crippen LogP contribution is 2.26. The topological polar surface area (TPSA) is 46.8 Å². The molecule has 0 radical (unpaired) electrons. The van der Waals surface area contributed by atoms with Crippen LogP contribution in [0.1, 0.15) is 17.4 Å². The molecule has 20 heavy (non-hydrogen) atoms. The zero-order valence-electron chi connectivity index (χ0n) is 10.8. The third kappa shape index (κ3) is 2.12. The van der Waals surface area contributed by atoms with Crippen LogP contribution in [0.2, 0.25) is 0 Å². The average molecular weight is 272 g/mol. The van der Waals surface area contributed by atoms with Crippen molar-refractivity contribution in [3.63, 3.8) is 0 Å². The van der Waals surface area contributed by atoms with Gasteiger partial charge in [0.25, 0.3) is 0 Å². The summed E-state index contributed by atoms with van der Waals surface area (Å²) >= 11 is 0. The quantitative estimate of drug-likeness (QED) is 0.797. The number of hydrogen-bond donors (Lipinski definition) is 1. The summed E-state index contributed by atoms with van der Waals surface area (Å²) in [5.41, 5.74) is 1.28. The SMILES string of the molecule is COc1ccc(C(O)c2cn3ccccc3n2)c(F)c1. The van der Waals surface area contributed by atoms with E-state index in [0.29, 0.717) is 17.1 Å². The molecule has 1 atom stereocenters. The molecule has 0 fully saturated rings. The Morgan fingerprint density at radius 2 is 2.15 bits per heavy atom. The molecule has 0 aliphatic heterocycles. The lowest BCUT2D eigenvalue weighted by Crippen LogP contribution is -2.03. The van der Waals surface area contributed by atoms with Gasteiger partial charge in [0.15, 0.2) is 0 Å². The van der Waals surface area contributed by atoms with Crippen LogP contribution in [0.15, 0.2) is 48.8 Å². The molecular weight excluding hydrogens is 259 g/mol. The van der Waals surface area contributed by atoms with Gasteiger partial charge in [-0.2, -0.15) is 0 Å². The molecule has 4 nitrogen and oxygen atoms in total. The second kappa shape index (κ2) is 4.94. The zero-order valence-corrected chi connectivity index (χ0v) is 10.8. The van der Waals surface area contributed by atoms with E-state index in [-0.39, 0.29) is 5.56 Å². The largest absolute Gasteiger partial charge is 0.497 e. The molecule has 102 valence electrons. The Morgan fingerprint density at radius 3 is 2.85 bits per heavy atom. The average Bonchev–Trinajstić information content (AvgIpc) is 2.90. The van der Waals surface area contributed by atoms with Gasteiger partial charge in [-0.15, -0.1) is 0 Å². The summed E-state index contributed by atoms with van der Waals surface area (Å²) in [5.74, 6) is -0.109. The lowest BCUT2D eigenvalue weighted by molar-refractivity contribution is 0.210. The number of methoxy groups -OCH3 is 1. The summed E-state index contributed by atoms with van der Waals surface area (Å²) in [5, 5.41) is 10.3. The number of benzene rings is 1. The van der Waals surface area contributed by atoms with Gasteiger partial charge in [-0.1, -0.05) is 6.07 Å². The van der Waals surface area contributed by atoms with E-state index < -0.39 is 11.9 Å². The first-order valence-corrected chi connectivity index (χ1v) is 6.14. The van der Waals surface area contributed by atoms with Crippen molar-refractivity contribution < 1.29 is 14.2 Å². The highest BCUT2D eigenvalue weighted by atomic mass is 19.1. The Hall–Kier alpha value is -2.40. The van der Waals surface area contributed by atoms with Crippen molar-refractivity contribution >= 4 is 5.65 Å². The van der Waals surface area contributed by atoms with Crippen molar-refractivity contribution in [2.75, 3.05) is 7.11 Å². The van der Waals surface area contributed by atoms with Crippen LogP contribution < -0.4 is 4.74 Å². The minimum absolute atomic E-state index is 0.175. The van der Waals surface area contributed by atoms with Crippen molar-refractivity contribution in [2.24, 2.45) is 0 Å². The van der Waals surface area contributed by atoms with E-state index >= 15 is 0 Å². The highest BCUT2D eigenvalue weighted by Gasteiger charge is 2.18. The Labute approximate surface area is 115 Å². The summed E-state index contributed by atoms with van der Waals surface area (Å²) in [4.78, 5) is 4.29. The predicted molar refractivity (Wildman–Crippen MR) is 72.2 cm³/mol. The van der Waals surface area contributed by atoms with Crippen molar-refractivity contribution in [3.8, 4) is 5.75 Å². The number of fused-ring (bicyclic) bond motifs is 1. The summed E-state index contributed by atoms with van der Waals surface area (Å²) in [7, 11) is 1.47. The second-order valence-electron chi connectivity index (χ2n) is 4.42. The number of aliphatic hydroxyl groups excluding tert-OH is 1. The molecule has 3 aromatic rings. The lowest BCUT2D eigenvalue weighted by Gasteiger charge is -2.10. The maximum absolute atomic E-state index is 14.0. The maximum Gasteiger partial charge on any atom is 0.137 e. The van der Waals surface area contributed by atoms with E-state index in [1.54, 1.807) is 16.7 Å². The molecule has 0 saturated heterocycles. The Kier molecular flexibility index (Phi) is 3.12. The normalized spacial score (nSPS) is 12.6. The molecule has 1 aromatic carbocycles. The van der Waals surface area contributed by atoms with Gasteiger partial charge in [0.05, 0.1) is 12.8 Å². The molecule has 0 aliphatic carbocycles. The maximum atomic E-state index is 14.0. The van der Waals surface area contributed by atoms with Crippen molar-refractivity contribution in [3.05, 3.63) is 65.9 Å². The molecular formula is C15H13FN2O2. The number of pyridine rings is 1. The Morgan fingerprint density at radius 1 is 1.30 bits per heavy atom. The minimum Gasteiger partial charge on any atom is -0.497 e. The van der Waals surface area contributed by atoms with Crippen LogP contribution in [0.5, 0.6) is 5.75 Å².